The number of nitrogens with one attached hydrogen (secondary N) is 1. The Balaban J connectivity index is 2.04. The van der Waals surface area contributed by atoms with Gasteiger partial charge in [0.1, 0.15) is 5.75 Å². The standard InChI is InChI=1S/C16H13ClF3NO2/c1-10(23-14-7-3-5-12(17)9-14)15(22)21-13-6-2-4-11(8-13)16(18,19)20/h2-10H,1H3,(H,21,22)/t10-/m1/s1. The fraction of sp³-hybridized carbons (Fsp3) is 0.188. The zero-order chi connectivity index (χ0) is 17.0. The number of alkyl halides is 3. The normalized spacial score (nSPS) is 12.6. The van der Waals surface area contributed by atoms with Gasteiger partial charge in [-0.3, -0.25) is 4.79 Å². The molecule has 0 fully saturated rings. The van der Waals surface area contributed by atoms with E-state index >= 15 is 0 Å². The minimum Gasteiger partial charge on any atom is -0.481 e. The van der Waals surface area contributed by atoms with Gasteiger partial charge in [-0.2, -0.15) is 13.2 Å². The summed E-state index contributed by atoms with van der Waals surface area (Å²) in [5, 5.41) is 2.84. The highest BCUT2D eigenvalue weighted by atomic mass is 35.5. The zero-order valence-electron chi connectivity index (χ0n) is 12.0. The van der Waals surface area contributed by atoms with Crippen molar-refractivity contribution in [3.05, 3.63) is 59.1 Å². The quantitative estimate of drug-likeness (QED) is 0.868. The summed E-state index contributed by atoms with van der Waals surface area (Å²) in [6.07, 6.45) is -5.37. The number of carbonyl (C=O) groups excluding carboxylic acids is 1. The summed E-state index contributed by atoms with van der Waals surface area (Å²) in [5.74, 6) is -0.173. The molecule has 0 aliphatic carbocycles. The molecular formula is C16H13ClF3NO2. The van der Waals surface area contributed by atoms with Gasteiger partial charge in [0.15, 0.2) is 6.10 Å². The average Bonchev–Trinajstić information content (AvgIpc) is 2.46. The Hall–Kier alpha value is -2.21. The Bertz CT molecular complexity index is 704. The second-order valence-electron chi connectivity index (χ2n) is 4.79. The number of anilines is 1. The summed E-state index contributed by atoms with van der Waals surface area (Å²) in [5.41, 5.74) is -0.787. The number of hydrogen-bond donors (Lipinski definition) is 1. The van der Waals surface area contributed by atoms with Crippen LogP contribution in [0.4, 0.5) is 18.9 Å². The molecule has 0 aromatic heterocycles. The molecule has 0 saturated carbocycles. The lowest BCUT2D eigenvalue weighted by molar-refractivity contribution is -0.137. The summed E-state index contributed by atoms with van der Waals surface area (Å²) >= 11 is 5.81. The third-order valence-electron chi connectivity index (χ3n) is 2.94. The van der Waals surface area contributed by atoms with Crippen LogP contribution in [0.15, 0.2) is 48.5 Å². The van der Waals surface area contributed by atoms with Crippen LogP contribution in [-0.4, -0.2) is 12.0 Å². The van der Waals surface area contributed by atoms with E-state index in [-0.39, 0.29) is 5.69 Å². The Kier molecular flexibility index (Phi) is 5.15. The lowest BCUT2D eigenvalue weighted by Gasteiger charge is -2.15. The Morgan fingerprint density at radius 3 is 2.52 bits per heavy atom. The van der Waals surface area contributed by atoms with Gasteiger partial charge in [0.2, 0.25) is 0 Å². The van der Waals surface area contributed by atoms with Crippen LogP contribution in [0.3, 0.4) is 0 Å². The van der Waals surface area contributed by atoms with Gasteiger partial charge in [0, 0.05) is 10.7 Å². The van der Waals surface area contributed by atoms with Crippen LogP contribution in [0.25, 0.3) is 0 Å². The predicted octanol–water partition coefficient (Wildman–Crippen LogP) is 4.76. The maximum atomic E-state index is 12.6. The molecule has 0 saturated heterocycles. The van der Waals surface area contributed by atoms with Gasteiger partial charge < -0.3 is 10.1 Å². The summed E-state index contributed by atoms with van der Waals surface area (Å²) in [6, 6.07) is 10.9. The lowest BCUT2D eigenvalue weighted by Crippen LogP contribution is -2.30. The van der Waals surface area contributed by atoms with Crippen LogP contribution >= 0.6 is 11.6 Å². The molecule has 1 amide bonds. The van der Waals surface area contributed by atoms with Gasteiger partial charge in [0.05, 0.1) is 5.56 Å². The molecule has 7 heteroatoms. The van der Waals surface area contributed by atoms with E-state index in [0.29, 0.717) is 10.8 Å². The van der Waals surface area contributed by atoms with Crippen LogP contribution in [0.1, 0.15) is 12.5 Å². The second-order valence-corrected chi connectivity index (χ2v) is 5.22. The van der Waals surface area contributed by atoms with Gasteiger partial charge in [-0.25, -0.2) is 0 Å². The first kappa shape index (κ1) is 17.1. The third-order valence-corrected chi connectivity index (χ3v) is 3.17. The molecule has 0 bridgehead atoms. The Morgan fingerprint density at radius 1 is 1.17 bits per heavy atom. The van der Waals surface area contributed by atoms with E-state index in [2.05, 4.69) is 5.32 Å². The summed E-state index contributed by atoms with van der Waals surface area (Å²) in [7, 11) is 0. The van der Waals surface area contributed by atoms with Crippen molar-refractivity contribution in [1.29, 1.82) is 0 Å². The van der Waals surface area contributed by atoms with Crippen molar-refractivity contribution in [3.63, 3.8) is 0 Å². The number of ether oxygens (including phenoxy) is 1. The third kappa shape index (κ3) is 4.89. The first-order chi connectivity index (χ1) is 10.8. The van der Waals surface area contributed by atoms with Crippen molar-refractivity contribution in [2.45, 2.75) is 19.2 Å². The molecule has 0 heterocycles. The molecule has 2 rings (SSSR count). The predicted molar refractivity (Wildman–Crippen MR) is 81.6 cm³/mol. The van der Waals surface area contributed by atoms with E-state index in [0.717, 1.165) is 12.1 Å². The van der Waals surface area contributed by atoms with Crippen molar-refractivity contribution < 1.29 is 22.7 Å². The van der Waals surface area contributed by atoms with E-state index in [4.69, 9.17) is 16.3 Å². The van der Waals surface area contributed by atoms with Crippen LogP contribution in [-0.2, 0) is 11.0 Å². The molecule has 2 aromatic carbocycles. The van der Waals surface area contributed by atoms with Crippen molar-refractivity contribution >= 4 is 23.2 Å². The van der Waals surface area contributed by atoms with Crippen LogP contribution in [0.2, 0.25) is 5.02 Å². The maximum Gasteiger partial charge on any atom is 0.416 e. The molecule has 1 atom stereocenters. The molecular weight excluding hydrogens is 331 g/mol. The van der Waals surface area contributed by atoms with Crippen molar-refractivity contribution in [2.75, 3.05) is 5.32 Å². The fourth-order valence-electron chi connectivity index (χ4n) is 1.82. The highest BCUT2D eigenvalue weighted by molar-refractivity contribution is 6.30. The minimum atomic E-state index is -4.47. The van der Waals surface area contributed by atoms with Crippen LogP contribution in [0, 0.1) is 0 Å². The van der Waals surface area contributed by atoms with E-state index in [1.54, 1.807) is 18.2 Å². The van der Waals surface area contributed by atoms with Crippen molar-refractivity contribution in [3.8, 4) is 5.75 Å². The van der Waals surface area contributed by atoms with Gasteiger partial charge in [-0.05, 0) is 43.3 Å². The SMILES string of the molecule is C[C@@H](Oc1cccc(Cl)c1)C(=O)Nc1cccc(C(F)(F)F)c1. The molecule has 0 spiro atoms. The molecule has 0 radical (unpaired) electrons. The topological polar surface area (TPSA) is 38.3 Å². The molecule has 23 heavy (non-hydrogen) atoms. The van der Waals surface area contributed by atoms with Crippen molar-refractivity contribution in [1.82, 2.24) is 0 Å². The molecule has 2 aromatic rings. The smallest absolute Gasteiger partial charge is 0.416 e. The molecule has 3 nitrogen and oxygen atoms in total. The van der Waals surface area contributed by atoms with Gasteiger partial charge in [0.25, 0.3) is 5.91 Å². The zero-order valence-corrected chi connectivity index (χ0v) is 12.8. The first-order valence-electron chi connectivity index (χ1n) is 6.66. The Labute approximate surface area is 136 Å². The number of carbonyl (C=O) groups is 1. The molecule has 1 N–H and O–H groups in total. The fourth-order valence-corrected chi connectivity index (χ4v) is 2.00. The van der Waals surface area contributed by atoms with E-state index in [1.807, 2.05) is 0 Å². The highest BCUT2D eigenvalue weighted by Crippen LogP contribution is 2.30. The summed E-state index contributed by atoms with van der Waals surface area (Å²) in [6.45, 7) is 1.49. The van der Waals surface area contributed by atoms with E-state index < -0.39 is 23.8 Å². The van der Waals surface area contributed by atoms with E-state index in [1.165, 1.54) is 25.1 Å². The van der Waals surface area contributed by atoms with Crippen LogP contribution < -0.4 is 10.1 Å². The second kappa shape index (κ2) is 6.91. The molecule has 0 aliphatic heterocycles. The number of amides is 1. The molecule has 0 unspecified atom stereocenters. The number of hydrogen-bond acceptors (Lipinski definition) is 2. The molecule has 122 valence electrons. The summed E-state index contributed by atoms with van der Waals surface area (Å²) < 4.78 is 43.3. The van der Waals surface area contributed by atoms with Gasteiger partial charge in [-0.15, -0.1) is 0 Å². The van der Waals surface area contributed by atoms with E-state index in [9.17, 15) is 18.0 Å². The average molecular weight is 344 g/mol. The number of benzene rings is 2. The van der Waals surface area contributed by atoms with Gasteiger partial charge >= 0.3 is 6.18 Å². The first-order valence-corrected chi connectivity index (χ1v) is 7.04. The maximum absolute atomic E-state index is 12.6. The highest BCUT2D eigenvalue weighted by Gasteiger charge is 2.30. The molecule has 0 aliphatic rings. The number of halogens is 4. The number of rotatable bonds is 4. The lowest BCUT2D eigenvalue weighted by atomic mass is 10.2. The van der Waals surface area contributed by atoms with Gasteiger partial charge in [-0.1, -0.05) is 23.7 Å². The largest absolute Gasteiger partial charge is 0.481 e. The monoisotopic (exact) mass is 343 g/mol. The Morgan fingerprint density at radius 2 is 1.87 bits per heavy atom. The van der Waals surface area contributed by atoms with Crippen LogP contribution in [0.5, 0.6) is 5.75 Å². The minimum absolute atomic E-state index is 0.0476. The van der Waals surface area contributed by atoms with Crippen molar-refractivity contribution in [2.24, 2.45) is 0 Å². The summed E-state index contributed by atoms with van der Waals surface area (Å²) in [4.78, 5) is 12.0.